The molecule has 1 N–H and O–H groups in total. The molecule has 0 aliphatic rings. The Morgan fingerprint density at radius 1 is 1.03 bits per heavy atom. The van der Waals surface area contributed by atoms with E-state index >= 15 is 0 Å². The highest BCUT2D eigenvalue weighted by atomic mass is 79.9. The summed E-state index contributed by atoms with van der Waals surface area (Å²) >= 11 is 3.37. The van der Waals surface area contributed by atoms with Crippen molar-refractivity contribution in [3.8, 4) is 11.5 Å². The first-order valence-corrected chi connectivity index (χ1v) is 11.3. The molecule has 3 aromatic rings. The number of ether oxygens (including phenoxy) is 2. The van der Waals surface area contributed by atoms with Crippen molar-refractivity contribution in [2.75, 3.05) is 12.0 Å². The van der Waals surface area contributed by atoms with Crippen LogP contribution in [0.3, 0.4) is 0 Å². The molecule has 3 rings (SSSR count). The van der Waals surface area contributed by atoms with E-state index in [1.807, 2.05) is 0 Å². The molecule has 3 aromatic carbocycles. The summed E-state index contributed by atoms with van der Waals surface area (Å²) in [5.74, 6) is 0.668. The SMILES string of the molecule is CCOc1cc(/C=N\Nc2ccc(C(F)(F)F)cc2[N+](=O)[O-])c(Br)cc1OCc1cccc([N+](=O)[O-])c1. The molecule has 0 saturated heterocycles. The Labute approximate surface area is 216 Å². The molecule has 0 aliphatic carbocycles. The van der Waals surface area contributed by atoms with Crippen LogP contribution in [-0.4, -0.2) is 22.7 Å². The van der Waals surface area contributed by atoms with Crippen LogP contribution in [0.15, 0.2) is 64.2 Å². The van der Waals surface area contributed by atoms with E-state index < -0.39 is 27.3 Å². The number of nitrogens with zero attached hydrogens (tertiary/aromatic N) is 3. The van der Waals surface area contributed by atoms with Crippen LogP contribution in [0, 0.1) is 20.2 Å². The van der Waals surface area contributed by atoms with Crippen molar-refractivity contribution >= 4 is 39.2 Å². The van der Waals surface area contributed by atoms with Gasteiger partial charge >= 0.3 is 6.18 Å². The van der Waals surface area contributed by atoms with E-state index in [0.717, 1.165) is 6.07 Å². The molecule has 37 heavy (non-hydrogen) atoms. The summed E-state index contributed by atoms with van der Waals surface area (Å²) in [6, 6.07) is 11.2. The maximum atomic E-state index is 12.9. The fourth-order valence-corrected chi connectivity index (χ4v) is 3.50. The predicted octanol–water partition coefficient (Wildman–Crippen LogP) is 6.71. The van der Waals surface area contributed by atoms with Gasteiger partial charge < -0.3 is 9.47 Å². The molecule has 0 spiro atoms. The highest BCUT2D eigenvalue weighted by Crippen LogP contribution is 2.36. The van der Waals surface area contributed by atoms with E-state index in [9.17, 15) is 33.4 Å². The zero-order valence-electron chi connectivity index (χ0n) is 19.0. The summed E-state index contributed by atoms with van der Waals surface area (Å²) in [6.45, 7) is 2.08. The molecule has 0 unspecified atom stereocenters. The van der Waals surface area contributed by atoms with E-state index in [-0.39, 0.29) is 18.0 Å². The fourth-order valence-electron chi connectivity index (χ4n) is 3.08. The summed E-state index contributed by atoms with van der Waals surface area (Å²) in [6.07, 6.45) is -3.44. The molecular weight excluding hydrogens is 565 g/mol. The molecule has 0 saturated carbocycles. The van der Waals surface area contributed by atoms with Crippen LogP contribution in [0.4, 0.5) is 30.2 Å². The van der Waals surface area contributed by atoms with Gasteiger partial charge in [0.15, 0.2) is 11.5 Å². The quantitative estimate of drug-likeness (QED) is 0.160. The summed E-state index contributed by atoms with van der Waals surface area (Å²) in [5.41, 5.74) is 1.19. The third-order valence-corrected chi connectivity index (χ3v) is 5.48. The summed E-state index contributed by atoms with van der Waals surface area (Å²) in [7, 11) is 0. The van der Waals surface area contributed by atoms with Gasteiger partial charge in [-0.2, -0.15) is 18.3 Å². The van der Waals surface area contributed by atoms with Crippen molar-refractivity contribution in [3.05, 3.63) is 96.0 Å². The first-order chi connectivity index (χ1) is 17.5. The van der Waals surface area contributed by atoms with E-state index in [2.05, 4.69) is 26.5 Å². The molecular formula is C23H18BrF3N4O6. The Kier molecular flexibility index (Phi) is 8.65. The van der Waals surface area contributed by atoms with Gasteiger partial charge in [0.25, 0.3) is 11.4 Å². The minimum Gasteiger partial charge on any atom is -0.490 e. The average molecular weight is 583 g/mol. The van der Waals surface area contributed by atoms with Crippen LogP contribution >= 0.6 is 15.9 Å². The summed E-state index contributed by atoms with van der Waals surface area (Å²) in [4.78, 5) is 20.8. The van der Waals surface area contributed by atoms with Crippen molar-refractivity contribution in [2.24, 2.45) is 5.10 Å². The van der Waals surface area contributed by atoms with Gasteiger partial charge in [0.05, 0.1) is 28.2 Å². The molecule has 194 valence electrons. The molecule has 0 aromatic heterocycles. The van der Waals surface area contributed by atoms with Crippen molar-refractivity contribution in [1.82, 2.24) is 0 Å². The second kappa shape index (κ2) is 11.7. The molecule has 0 aliphatic heterocycles. The lowest BCUT2D eigenvalue weighted by molar-refractivity contribution is -0.385. The number of anilines is 1. The average Bonchev–Trinajstić information content (AvgIpc) is 2.84. The van der Waals surface area contributed by atoms with Crippen molar-refractivity contribution in [3.63, 3.8) is 0 Å². The number of hydrazone groups is 1. The maximum Gasteiger partial charge on any atom is 0.416 e. The van der Waals surface area contributed by atoms with Crippen molar-refractivity contribution < 1.29 is 32.5 Å². The van der Waals surface area contributed by atoms with Crippen molar-refractivity contribution in [1.29, 1.82) is 0 Å². The maximum absolute atomic E-state index is 12.9. The van der Waals surface area contributed by atoms with Crippen LogP contribution in [0.2, 0.25) is 0 Å². The predicted molar refractivity (Wildman–Crippen MR) is 132 cm³/mol. The topological polar surface area (TPSA) is 129 Å². The largest absolute Gasteiger partial charge is 0.490 e. The van der Waals surface area contributed by atoms with E-state index in [1.165, 1.54) is 18.3 Å². The molecule has 14 heteroatoms. The van der Waals surface area contributed by atoms with Gasteiger partial charge in [0.2, 0.25) is 0 Å². The zero-order valence-corrected chi connectivity index (χ0v) is 20.6. The van der Waals surface area contributed by atoms with Gasteiger partial charge in [-0.05, 0) is 52.7 Å². The zero-order chi connectivity index (χ0) is 27.2. The Morgan fingerprint density at radius 2 is 1.76 bits per heavy atom. The Morgan fingerprint density at radius 3 is 2.41 bits per heavy atom. The number of nitro groups is 2. The van der Waals surface area contributed by atoms with Gasteiger partial charge in [-0.25, -0.2) is 0 Å². The first kappa shape index (κ1) is 27.4. The van der Waals surface area contributed by atoms with Gasteiger partial charge in [-0.3, -0.25) is 25.7 Å². The molecule has 0 atom stereocenters. The molecule has 10 nitrogen and oxygen atoms in total. The Bertz CT molecular complexity index is 1350. The van der Waals surface area contributed by atoms with Crippen LogP contribution in [-0.2, 0) is 12.8 Å². The number of hydrogen-bond donors (Lipinski definition) is 1. The Balaban J connectivity index is 1.80. The molecule has 0 amide bonds. The smallest absolute Gasteiger partial charge is 0.416 e. The van der Waals surface area contributed by atoms with Crippen LogP contribution in [0.5, 0.6) is 11.5 Å². The first-order valence-electron chi connectivity index (χ1n) is 10.5. The van der Waals surface area contributed by atoms with E-state index in [4.69, 9.17) is 9.47 Å². The molecule has 0 heterocycles. The Hall–Kier alpha value is -4.20. The number of non-ortho nitro benzene ring substituents is 1. The highest BCUT2D eigenvalue weighted by Gasteiger charge is 2.33. The summed E-state index contributed by atoms with van der Waals surface area (Å²) < 4.78 is 50.6. The number of nitro benzene ring substituents is 2. The van der Waals surface area contributed by atoms with Crippen LogP contribution in [0.1, 0.15) is 23.6 Å². The highest BCUT2D eigenvalue weighted by molar-refractivity contribution is 9.10. The lowest BCUT2D eigenvalue weighted by atomic mass is 10.1. The van der Waals surface area contributed by atoms with E-state index in [0.29, 0.717) is 45.8 Å². The number of rotatable bonds is 10. The second-order valence-electron chi connectivity index (χ2n) is 7.33. The van der Waals surface area contributed by atoms with E-state index in [1.54, 1.807) is 31.2 Å². The number of benzene rings is 3. The fraction of sp³-hybridized carbons (Fsp3) is 0.174. The molecule has 0 fully saturated rings. The summed E-state index contributed by atoms with van der Waals surface area (Å²) in [5, 5.41) is 26.1. The third-order valence-electron chi connectivity index (χ3n) is 4.79. The lowest BCUT2D eigenvalue weighted by Gasteiger charge is -2.14. The lowest BCUT2D eigenvalue weighted by Crippen LogP contribution is -2.06. The van der Waals surface area contributed by atoms with Gasteiger partial charge in [0.1, 0.15) is 12.3 Å². The normalized spacial score (nSPS) is 11.4. The number of nitrogens with one attached hydrogen (secondary N) is 1. The monoisotopic (exact) mass is 582 g/mol. The van der Waals surface area contributed by atoms with Gasteiger partial charge in [0, 0.05) is 28.2 Å². The standard InChI is InChI=1S/C23H18BrF3N4O6/c1-2-36-21-9-15(12-28-29-19-7-6-16(23(25,26)27)10-20(19)31(34)35)18(24)11-22(21)37-13-14-4-3-5-17(8-14)30(32)33/h3-12,29H,2,13H2,1H3/b28-12-. The molecule has 0 bridgehead atoms. The number of alkyl halides is 3. The number of hydrogen-bond acceptors (Lipinski definition) is 8. The van der Waals surface area contributed by atoms with Gasteiger partial charge in [-0.1, -0.05) is 12.1 Å². The van der Waals surface area contributed by atoms with Crippen LogP contribution < -0.4 is 14.9 Å². The van der Waals surface area contributed by atoms with Gasteiger partial charge in [-0.15, -0.1) is 0 Å². The molecule has 0 radical (unpaired) electrons. The minimum absolute atomic E-state index is 0.0285. The van der Waals surface area contributed by atoms with Crippen molar-refractivity contribution in [2.45, 2.75) is 19.7 Å². The minimum atomic E-state index is -4.73. The number of halogens is 4. The van der Waals surface area contributed by atoms with Crippen LogP contribution in [0.25, 0.3) is 0 Å². The third kappa shape index (κ3) is 7.16. The second-order valence-corrected chi connectivity index (χ2v) is 8.18.